The predicted molar refractivity (Wildman–Crippen MR) is 84.2 cm³/mol. The van der Waals surface area contributed by atoms with Gasteiger partial charge in [-0.25, -0.2) is 0 Å². The van der Waals surface area contributed by atoms with Crippen LogP contribution in [0.2, 0.25) is 0 Å². The molecule has 0 saturated heterocycles. The van der Waals surface area contributed by atoms with E-state index in [2.05, 4.69) is 59.0 Å². The van der Waals surface area contributed by atoms with Gasteiger partial charge in [-0.05, 0) is 45.1 Å². The maximum absolute atomic E-state index is 11.3. The number of hydrogen-bond acceptors (Lipinski definition) is 1. The minimum atomic E-state index is -0.0984. The van der Waals surface area contributed by atoms with Crippen LogP contribution in [0.1, 0.15) is 36.6 Å². The summed E-state index contributed by atoms with van der Waals surface area (Å²) in [4.78, 5) is 14.1. The topological polar surface area (TPSA) is 32.9 Å². The van der Waals surface area contributed by atoms with Crippen LogP contribution in [0.25, 0.3) is 12.2 Å². The monoisotopic (exact) mass is 317 g/mol. The zero-order valence-electron chi connectivity index (χ0n) is 11.0. The highest BCUT2D eigenvalue weighted by atomic mass is 79.9. The molecule has 0 aliphatic heterocycles. The van der Waals surface area contributed by atoms with Crippen molar-refractivity contribution in [3.8, 4) is 0 Å². The molecule has 19 heavy (non-hydrogen) atoms. The van der Waals surface area contributed by atoms with E-state index in [1.165, 1.54) is 11.6 Å². The average molecular weight is 318 g/mol. The normalized spacial score (nSPS) is 11.4. The fourth-order valence-electron chi connectivity index (χ4n) is 1.80. The minimum Gasteiger partial charge on any atom is -0.321 e. The quantitative estimate of drug-likeness (QED) is 0.892. The Morgan fingerprint density at radius 1 is 1.16 bits per heavy atom. The van der Waals surface area contributed by atoms with E-state index in [-0.39, 0.29) is 5.56 Å². The Kier molecular flexibility index (Phi) is 4.38. The van der Waals surface area contributed by atoms with Gasteiger partial charge in [0.2, 0.25) is 5.56 Å². The lowest BCUT2D eigenvalue weighted by Gasteiger charge is -2.05. The standard InChI is InChI=1S/C16H16BrNO/c1-11(2)13-5-3-4-12(10-13)6-8-15-14(17)7-9-16(19)18-15/h3-11H,1-2H3,(H,18,19)/b8-6+. The van der Waals surface area contributed by atoms with Crippen molar-refractivity contribution in [3.63, 3.8) is 0 Å². The molecule has 0 amide bonds. The van der Waals surface area contributed by atoms with Gasteiger partial charge in [0.25, 0.3) is 0 Å². The number of hydrogen-bond donors (Lipinski definition) is 1. The zero-order chi connectivity index (χ0) is 13.8. The Labute approximate surface area is 121 Å². The van der Waals surface area contributed by atoms with Gasteiger partial charge < -0.3 is 4.98 Å². The first-order valence-electron chi connectivity index (χ1n) is 6.23. The third kappa shape index (κ3) is 3.67. The van der Waals surface area contributed by atoms with E-state index < -0.39 is 0 Å². The molecule has 1 aromatic carbocycles. The first kappa shape index (κ1) is 13.8. The number of nitrogens with one attached hydrogen (secondary N) is 1. The van der Waals surface area contributed by atoms with Crippen molar-refractivity contribution in [2.75, 3.05) is 0 Å². The number of benzene rings is 1. The summed E-state index contributed by atoms with van der Waals surface area (Å²) in [5.41, 5.74) is 3.12. The molecule has 0 saturated carbocycles. The molecule has 2 nitrogen and oxygen atoms in total. The van der Waals surface area contributed by atoms with Crippen LogP contribution < -0.4 is 5.56 Å². The molecule has 0 spiro atoms. The van der Waals surface area contributed by atoms with Crippen LogP contribution in [-0.4, -0.2) is 4.98 Å². The molecule has 2 rings (SSSR count). The Morgan fingerprint density at radius 2 is 1.95 bits per heavy atom. The lowest BCUT2D eigenvalue weighted by molar-refractivity contribution is 0.866. The van der Waals surface area contributed by atoms with Crippen molar-refractivity contribution in [1.82, 2.24) is 4.98 Å². The Bertz CT molecular complexity index is 656. The largest absolute Gasteiger partial charge is 0.321 e. The highest BCUT2D eigenvalue weighted by Crippen LogP contribution is 2.18. The average Bonchev–Trinajstić information content (AvgIpc) is 2.40. The molecule has 0 fully saturated rings. The Hall–Kier alpha value is -1.61. The van der Waals surface area contributed by atoms with Crippen molar-refractivity contribution >= 4 is 28.1 Å². The van der Waals surface area contributed by atoms with Crippen molar-refractivity contribution < 1.29 is 0 Å². The summed E-state index contributed by atoms with van der Waals surface area (Å²) >= 11 is 3.42. The van der Waals surface area contributed by atoms with E-state index in [1.807, 2.05) is 12.2 Å². The Balaban J connectivity index is 2.30. The van der Waals surface area contributed by atoms with Gasteiger partial charge in [0, 0.05) is 10.5 Å². The van der Waals surface area contributed by atoms with E-state index in [0.717, 1.165) is 15.7 Å². The molecule has 0 aliphatic rings. The second-order valence-electron chi connectivity index (χ2n) is 4.74. The third-order valence-electron chi connectivity index (χ3n) is 2.92. The van der Waals surface area contributed by atoms with Gasteiger partial charge in [-0.2, -0.15) is 0 Å². The van der Waals surface area contributed by atoms with E-state index in [9.17, 15) is 4.79 Å². The molecule has 0 radical (unpaired) electrons. The zero-order valence-corrected chi connectivity index (χ0v) is 12.6. The minimum absolute atomic E-state index is 0.0984. The van der Waals surface area contributed by atoms with Crippen molar-refractivity contribution in [2.24, 2.45) is 0 Å². The lowest BCUT2D eigenvalue weighted by Crippen LogP contribution is -2.04. The molecular formula is C16H16BrNO. The highest BCUT2D eigenvalue weighted by molar-refractivity contribution is 9.10. The SMILES string of the molecule is CC(C)c1cccc(/C=C/c2[nH]c(=O)ccc2Br)c1. The summed E-state index contributed by atoms with van der Waals surface area (Å²) in [5.74, 6) is 0.511. The van der Waals surface area contributed by atoms with Crippen LogP contribution in [0.15, 0.2) is 45.7 Å². The summed E-state index contributed by atoms with van der Waals surface area (Å²) in [5, 5.41) is 0. The number of halogens is 1. The van der Waals surface area contributed by atoms with E-state index in [4.69, 9.17) is 0 Å². The first-order valence-corrected chi connectivity index (χ1v) is 7.02. The molecular weight excluding hydrogens is 302 g/mol. The summed E-state index contributed by atoms with van der Waals surface area (Å²) in [6, 6.07) is 11.7. The van der Waals surface area contributed by atoms with E-state index >= 15 is 0 Å². The molecule has 1 heterocycles. The summed E-state index contributed by atoms with van der Waals surface area (Å²) in [6.45, 7) is 4.35. The van der Waals surface area contributed by atoms with Gasteiger partial charge >= 0.3 is 0 Å². The number of rotatable bonds is 3. The van der Waals surface area contributed by atoms with Crippen molar-refractivity contribution in [2.45, 2.75) is 19.8 Å². The number of pyridine rings is 1. The molecule has 3 heteroatoms. The van der Waals surface area contributed by atoms with Crippen LogP contribution in [0, 0.1) is 0 Å². The molecule has 0 bridgehead atoms. The lowest BCUT2D eigenvalue weighted by atomic mass is 10.0. The van der Waals surface area contributed by atoms with Gasteiger partial charge in [0.1, 0.15) is 0 Å². The van der Waals surface area contributed by atoms with Crippen LogP contribution >= 0.6 is 15.9 Å². The first-order chi connectivity index (χ1) is 9.06. The molecule has 2 aromatic rings. The van der Waals surface area contributed by atoms with Crippen LogP contribution in [-0.2, 0) is 0 Å². The summed E-state index contributed by atoms with van der Waals surface area (Å²) in [7, 11) is 0. The van der Waals surface area contributed by atoms with Gasteiger partial charge in [-0.15, -0.1) is 0 Å². The summed E-state index contributed by atoms with van der Waals surface area (Å²) in [6.07, 6.45) is 3.91. The number of H-pyrrole nitrogens is 1. The Morgan fingerprint density at radius 3 is 2.68 bits per heavy atom. The maximum atomic E-state index is 11.3. The molecule has 0 atom stereocenters. The van der Waals surface area contributed by atoms with Gasteiger partial charge in [-0.3, -0.25) is 4.79 Å². The van der Waals surface area contributed by atoms with Crippen LogP contribution in [0.4, 0.5) is 0 Å². The molecule has 1 aromatic heterocycles. The van der Waals surface area contributed by atoms with Crippen molar-refractivity contribution in [3.05, 3.63) is 68.0 Å². The van der Waals surface area contributed by atoms with Crippen molar-refractivity contribution in [1.29, 1.82) is 0 Å². The molecule has 1 N–H and O–H groups in total. The maximum Gasteiger partial charge on any atom is 0.248 e. The molecule has 0 aliphatic carbocycles. The molecule has 0 unspecified atom stereocenters. The highest BCUT2D eigenvalue weighted by Gasteiger charge is 1.99. The van der Waals surface area contributed by atoms with Gasteiger partial charge in [-0.1, -0.05) is 44.2 Å². The van der Waals surface area contributed by atoms with E-state index in [1.54, 1.807) is 6.07 Å². The summed E-state index contributed by atoms with van der Waals surface area (Å²) < 4.78 is 0.878. The third-order valence-corrected chi connectivity index (χ3v) is 3.61. The van der Waals surface area contributed by atoms with Crippen LogP contribution in [0.5, 0.6) is 0 Å². The fraction of sp³-hybridized carbons (Fsp3) is 0.188. The number of aromatic amines is 1. The van der Waals surface area contributed by atoms with E-state index in [0.29, 0.717) is 5.92 Å². The second kappa shape index (κ2) is 6.02. The van der Waals surface area contributed by atoms with Gasteiger partial charge in [0.15, 0.2) is 0 Å². The smallest absolute Gasteiger partial charge is 0.248 e. The van der Waals surface area contributed by atoms with Crippen LogP contribution in [0.3, 0.4) is 0 Å². The molecule has 98 valence electrons. The number of aromatic nitrogens is 1. The predicted octanol–water partition coefficient (Wildman–Crippen LogP) is 4.43. The van der Waals surface area contributed by atoms with Gasteiger partial charge in [0.05, 0.1) is 5.69 Å². The second-order valence-corrected chi connectivity index (χ2v) is 5.60. The fourth-order valence-corrected chi connectivity index (χ4v) is 2.16.